The van der Waals surface area contributed by atoms with Gasteiger partial charge in [-0.15, -0.1) is 0 Å². The maximum atomic E-state index is 13.6. The van der Waals surface area contributed by atoms with Crippen molar-refractivity contribution in [1.29, 1.82) is 0 Å². The van der Waals surface area contributed by atoms with Gasteiger partial charge in [-0.1, -0.05) is 6.07 Å². The molecule has 6 nitrogen and oxygen atoms in total. The average Bonchev–Trinajstić information content (AvgIpc) is 3.21. The Morgan fingerprint density at radius 1 is 1.29 bits per heavy atom. The zero-order valence-corrected chi connectivity index (χ0v) is 12.2. The van der Waals surface area contributed by atoms with Gasteiger partial charge in [-0.05, 0) is 23.8 Å². The van der Waals surface area contributed by atoms with Crippen molar-refractivity contribution in [2.75, 3.05) is 0 Å². The topological polar surface area (TPSA) is 92.0 Å². The zero-order chi connectivity index (χ0) is 17.1. The van der Waals surface area contributed by atoms with Crippen molar-refractivity contribution in [3.05, 3.63) is 77.3 Å². The number of aliphatic hydroxyl groups excluding tert-OH is 1. The van der Waals surface area contributed by atoms with E-state index in [0.717, 1.165) is 18.2 Å². The van der Waals surface area contributed by atoms with Crippen LogP contribution in [0.15, 0.2) is 47.2 Å². The highest BCUT2D eigenvalue weighted by Crippen LogP contribution is 2.18. The number of aromatic amines is 1. The third-order valence-electron chi connectivity index (χ3n) is 3.21. The molecule has 0 saturated heterocycles. The van der Waals surface area contributed by atoms with Gasteiger partial charge in [-0.25, -0.2) is 13.8 Å². The van der Waals surface area contributed by atoms with Crippen LogP contribution in [0.2, 0.25) is 0 Å². The van der Waals surface area contributed by atoms with E-state index in [-0.39, 0.29) is 29.3 Å². The van der Waals surface area contributed by atoms with Crippen LogP contribution in [0, 0.1) is 11.6 Å². The molecule has 2 N–H and O–H groups in total. The Balaban J connectivity index is 1.75. The molecule has 0 unspecified atom stereocenters. The summed E-state index contributed by atoms with van der Waals surface area (Å²) >= 11 is 0. The van der Waals surface area contributed by atoms with E-state index >= 15 is 0 Å². The number of halogens is 2. The summed E-state index contributed by atoms with van der Waals surface area (Å²) in [5.74, 6) is -1.99. The lowest BCUT2D eigenvalue weighted by atomic mass is 10.1. The summed E-state index contributed by atoms with van der Waals surface area (Å²) in [6.07, 6.45) is 2.19. The van der Waals surface area contributed by atoms with E-state index in [9.17, 15) is 18.7 Å². The van der Waals surface area contributed by atoms with Gasteiger partial charge < -0.3 is 9.52 Å². The van der Waals surface area contributed by atoms with E-state index in [1.807, 2.05) is 0 Å². The number of furan rings is 1. The molecule has 1 aromatic carbocycles. The molecule has 122 valence electrons. The fourth-order valence-electron chi connectivity index (χ4n) is 2.05. The molecule has 3 rings (SSSR count). The van der Waals surface area contributed by atoms with Crippen LogP contribution in [0.4, 0.5) is 8.78 Å². The fraction of sp³-hybridized carbons (Fsp3) is 0.0625. The lowest BCUT2D eigenvalue weighted by Gasteiger charge is -2.00. The minimum atomic E-state index is -0.692. The Kier molecular flexibility index (Phi) is 4.19. The molecule has 24 heavy (non-hydrogen) atoms. The van der Waals surface area contributed by atoms with Crippen molar-refractivity contribution < 1.29 is 23.1 Å². The van der Waals surface area contributed by atoms with Crippen LogP contribution in [0.5, 0.6) is 0 Å². The Morgan fingerprint density at radius 3 is 2.83 bits per heavy atom. The molecule has 0 aliphatic rings. The quantitative estimate of drug-likeness (QED) is 0.426. The number of aromatic nitrogens is 3. The number of benzene rings is 1. The molecule has 0 radical (unpaired) electrons. The molecular formula is C16H11F2N3O3. The minimum absolute atomic E-state index is 0.0291. The Morgan fingerprint density at radius 2 is 2.12 bits per heavy atom. The normalized spacial score (nSPS) is 11.7. The van der Waals surface area contributed by atoms with Crippen LogP contribution in [0.3, 0.4) is 0 Å². The third-order valence-corrected chi connectivity index (χ3v) is 3.21. The maximum absolute atomic E-state index is 13.6. The van der Waals surface area contributed by atoms with E-state index < -0.39 is 17.4 Å². The smallest absolute Gasteiger partial charge is 0.224 e. The molecule has 0 aliphatic heterocycles. The van der Waals surface area contributed by atoms with Gasteiger partial charge in [-0.3, -0.25) is 9.89 Å². The second-order valence-electron chi connectivity index (χ2n) is 4.91. The maximum Gasteiger partial charge on any atom is 0.224 e. The first kappa shape index (κ1) is 15.6. The highest BCUT2D eigenvalue weighted by atomic mass is 19.1. The molecular weight excluding hydrogens is 320 g/mol. The average molecular weight is 331 g/mol. The van der Waals surface area contributed by atoms with Crippen molar-refractivity contribution in [2.24, 2.45) is 0 Å². The number of carbonyl (C=O) groups excluding carboxylic acids is 1. The van der Waals surface area contributed by atoms with E-state index in [1.165, 1.54) is 24.5 Å². The van der Waals surface area contributed by atoms with Crippen LogP contribution < -0.4 is 0 Å². The summed E-state index contributed by atoms with van der Waals surface area (Å²) in [6, 6.07) is 6.15. The highest BCUT2D eigenvalue weighted by Gasteiger charge is 2.13. The zero-order valence-electron chi connectivity index (χ0n) is 12.2. The van der Waals surface area contributed by atoms with Crippen LogP contribution in [0.1, 0.15) is 27.7 Å². The second kappa shape index (κ2) is 6.45. The largest absolute Gasteiger partial charge is 0.504 e. The lowest BCUT2D eigenvalue weighted by Crippen LogP contribution is -1.96. The van der Waals surface area contributed by atoms with Gasteiger partial charge in [0, 0.05) is 18.6 Å². The molecule has 0 amide bonds. The van der Waals surface area contributed by atoms with Crippen LogP contribution >= 0.6 is 0 Å². The van der Waals surface area contributed by atoms with Crippen LogP contribution in [-0.2, 0) is 6.42 Å². The van der Waals surface area contributed by atoms with Crippen molar-refractivity contribution >= 4 is 11.5 Å². The molecule has 0 spiro atoms. The number of H-pyrrole nitrogens is 1. The molecule has 2 heterocycles. The van der Waals surface area contributed by atoms with Crippen molar-refractivity contribution in [3.63, 3.8) is 0 Å². The van der Waals surface area contributed by atoms with Crippen molar-refractivity contribution in [3.8, 4) is 0 Å². The highest BCUT2D eigenvalue weighted by molar-refractivity contribution is 6.05. The fourth-order valence-corrected chi connectivity index (χ4v) is 2.05. The van der Waals surface area contributed by atoms with Crippen molar-refractivity contribution in [2.45, 2.75) is 6.42 Å². The third kappa shape index (κ3) is 3.37. The Hall–Kier alpha value is -3.29. The molecule has 0 atom stereocenters. The first-order chi connectivity index (χ1) is 11.5. The predicted molar refractivity (Wildman–Crippen MR) is 79.2 cm³/mol. The molecule has 0 bridgehead atoms. The number of nitrogens with zero attached hydrogens (tertiary/aromatic N) is 2. The molecule has 0 fully saturated rings. The SMILES string of the molecule is O=C(C=C(O)c1ncn[nH]1)c1ccc(Cc2ccc(F)cc2F)o1. The molecule has 0 saturated carbocycles. The number of ketones is 1. The number of rotatable bonds is 5. The number of carbonyl (C=O) groups is 1. The summed E-state index contributed by atoms with van der Waals surface area (Å²) in [4.78, 5) is 15.7. The first-order valence-electron chi connectivity index (χ1n) is 6.86. The van der Waals surface area contributed by atoms with E-state index in [0.29, 0.717) is 5.76 Å². The monoisotopic (exact) mass is 331 g/mol. The number of allylic oxidation sites excluding steroid dienone is 1. The number of nitrogens with one attached hydrogen (secondary N) is 1. The Bertz CT molecular complexity index is 901. The van der Waals surface area contributed by atoms with E-state index in [2.05, 4.69) is 15.2 Å². The summed E-state index contributed by atoms with van der Waals surface area (Å²) in [7, 11) is 0. The van der Waals surface area contributed by atoms with Crippen LogP contribution in [-0.4, -0.2) is 26.1 Å². The minimum Gasteiger partial charge on any atom is -0.504 e. The molecule has 0 aliphatic carbocycles. The lowest BCUT2D eigenvalue weighted by molar-refractivity contribution is 0.101. The van der Waals surface area contributed by atoms with Gasteiger partial charge in [0.2, 0.25) is 5.78 Å². The molecule has 2 aromatic heterocycles. The first-order valence-corrected chi connectivity index (χ1v) is 6.86. The van der Waals surface area contributed by atoms with Gasteiger partial charge in [0.15, 0.2) is 17.3 Å². The summed E-state index contributed by atoms with van der Waals surface area (Å²) in [5.41, 5.74) is 0.241. The number of hydrogen-bond acceptors (Lipinski definition) is 5. The summed E-state index contributed by atoms with van der Waals surface area (Å²) < 4.78 is 31.8. The van der Waals surface area contributed by atoms with E-state index in [1.54, 1.807) is 0 Å². The summed E-state index contributed by atoms with van der Waals surface area (Å²) in [5, 5.41) is 15.7. The van der Waals surface area contributed by atoms with Crippen LogP contribution in [0.25, 0.3) is 5.76 Å². The van der Waals surface area contributed by atoms with Gasteiger partial charge in [-0.2, -0.15) is 5.10 Å². The van der Waals surface area contributed by atoms with Crippen molar-refractivity contribution in [1.82, 2.24) is 15.2 Å². The molecule has 3 aromatic rings. The van der Waals surface area contributed by atoms with Gasteiger partial charge in [0.05, 0.1) is 0 Å². The number of aliphatic hydroxyl groups is 1. The molecule has 8 heteroatoms. The number of hydrogen-bond donors (Lipinski definition) is 2. The second-order valence-corrected chi connectivity index (χ2v) is 4.91. The van der Waals surface area contributed by atoms with Gasteiger partial charge in [0.1, 0.15) is 23.7 Å². The summed E-state index contributed by atoms with van der Waals surface area (Å²) in [6.45, 7) is 0. The van der Waals surface area contributed by atoms with E-state index in [4.69, 9.17) is 4.42 Å². The van der Waals surface area contributed by atoms with Gasteiger partial charge in [0.25, 0.3) is 0 Å². The van der Waals surface area contributed by atoms with Gasteiger partial charge >= 0.3 is 0 Å². The standard InChI is InChI=1S/C16H11F2N3O3/c17-10-2-1-9(12(18)6-10)5-11-3-4-15(24-11)13(22)7-14(23)16-19-8-20-21-16/h1-4,6-8,23H,5H2,(H,19,20,21). The Labute approximate surface area is 134 Å². The predicted octanol–water partition coefficient (Wildman–Crippen LogP) is 3.05.